The van der Waals surface area contributed by atoms with Gasteiger partial charge in [-0.3, -0.25) is 9.67 Å². The molecule has 3 aromatic rings. The first kappa shape index (κ1) is 15.2. The summed E-state index contributed by atoms with van der Waals surface area (Å²) >= 11 is 0. The lowest BCUT2D eigenvalue weighted by Gasteiger charge is -2.04. The second-order valence-corrected chi connectivity index (χ2v) is 5.49. The number of pyridine rings is 1. The van der Waals surface area contributed by atoms with Crippen LogP contribution in [-0.2, 0) is 17.9 Å². The molecule has 0 unspecified atom stereocenters. The topological polar surface area (TPSA) is 63.7 Å². The highest BCUT2D eigenvalue weighted by molar-refractivity contribution is 5.79. The van der Waals surface area contributed by atoms with Gasteiger partial charge in [0.1, 0.15) is 6.07 Å². The standard InChI is InChI=1S/C18H18N4O/c1-3-23-12-16-11-22(21-18(16)8-19)10-14-4-5-17-15(7-14)6-13(2)9-20-17/h4-7,9,11H,3,10,12H2,1-2H3. The number of hydrogen-bond acceptors (Lipinski definition) is 4. The fraction of sp³-hybridized carbons (Fsp3) is 0.278. The number of fused-ring (bicyclic) bond motifs is 1. The van der Waals surface area contributed by atoms with Crippen LogP contribution in [0.3, 0.4) is 0 Å². The van der Waals surface area contributed by atoms with Gasteiger partial charge in [0.05, 0.1) is 18.7 Å². The third-order valence-corrected chi connectivity index (χ3v) is 3.63. The van der Waals surface area contributed by atoms with Crippen LogP contribution < -0.4 is 0 Å². The first-order valence-electron chi connectivity index (χ1n) is 7.59. The number of nitriles is 1. The molecule has 3 rings (SSSR count). The summed E-state index contributed by atoms with van der Waals surface area (Å²) in [6, 6.07) is 10.4. The lowest BCUT2D eigenvalue weighted by Crippen LogP contribution is -2.00. The highest BCUT2D eigenvalue weighted by atomic mass is 16.5. The Hall–Kier alpha value is -2.71. The van der Waals surface area contributed by atoms with E-state index in [-0.39, 0.29) is 0 Å². The third kappa shape index (κ3) is 3.38. The minimum atomic E-state index is 0.417. The van der Waals surface area contributed by atoms with Gasteiger partial charge in [0.15, 0.2) is 5.69 Å². The maximum absolute atomic E-state index is 9.18. The van der Waals surface area contributed by atoms with Gasteiger partial charge >= 0.3 is 0 Å². The highest BCUT2D eigenvalue weighted by Crippen LogP contribution is 2.17. The molecular formula is C18H18N4O. The van der Waals surface area contributed by atoms with Gasteiger partial charge in [0.25, 0.3) is 0 Å². The molecule has 0 spiro atoms. The smallest absolute Gasteiger partial charge is 0.167 e. The number of aromatic nitrogens is 3. The average molecular weight is 306 g/mol. The van der Waals surface area contributed by atoms with Crippen LogP contribution in [0.25, 0.3) is 10.9 Å². The second-order valence-electron chi connectivity index (χ2n) is 5.49. The molecule has 0 N–H and O–H groups in total. The zero-order valence-electron chi connectivity index (χ0n) is 13.3. The minimum absolute atomic E-state index is 0.417. The average Bonchev–Trinajstić information content (AvgIpc) is 2.94. The molecule has 5 heteroatoms. The molecule has 0 saturated carbocycles. The molecule has 23 heavy (non-hydrogen) atoms. The van der Waals surface area contributed by atoms with Crippen molar-refractivity contribution in [2.45, 2.75) is 27.0 Å². The molecule has 2 heterocycles. The molecule has 5 nitrogen and oxygen atoms in total. The lowest BCUT2D eigenvalue weighted by atomic mass is 10.1. The van der Waals surface area contributed by atoms with Gasteiger partial charge in [-0.1, -0.05) is 6.07 Å². The fourth-order valence-corrected chi connectivity index (χ4v) is 2.53. The van der Waals surface area contributed by atoms with Gasteiger partial charge in [-0.2, -0.15) is 10.4 Å². The number of nitrogens with zero attached hydrogens (tertiary/aromatic N) is 4. The second kappa shape index (κ2) is 6.59. The Labute approximate surface area is 135 Å². The van der Waals surface area contributed by atoms with Crippen LogP contribution in [0.15, 0.2) is 36.7 Å². The molecule has 0 radical (unpaired) electrons. The van der Waals surface area contributed by atoms with E-state index in [0.717, 1.165) is 27.6 Å². The van der Waals surface area contributed by atoms with Crippen molar-refractivity contribution in [2.24, 2.45) is 0 Å². The Bertz CT molecular complexity index is 876. The van der Waals surface area contributed by atoms with E-state index in [4.69, 9.17) is 4.74 Å². The van der Waals surface area contributed by atoms with Crippen molar-refractivity contribution in [2.75, 3.05) is 6.61 Å². The lowest BCUT2D eigenvalue weighted by molar-refractivity contribution is 0.134. The van der Waals surface area contributed by atoms with E-state index in [1.54, 1.807) is 4.68 Å². The fourth-order valence-electron chi connectivity index (χ4n) is 2.53. The summed E-state index contributed by atoms with van der Waals surface area (Å²) in [5.74, 6) is 0. The number of rotatable bonds is 5. The molecule has 116 valence electrons. The van der Waals surface area contributed by atoms with Gasteiger partial charge in [-0.25, -0.2) is 0 Å². The summed E-state index contributed by atoms with van der Waals surface area (Å²) in [6.07, 6.45) is 3.75. The van der Waals surface area contributed by atoms with Crippen molar-refractivity contribution in [3.63, 3.8) is 0 Å². The predicted molar refractivity (Wildman–Crippen MR) is 87.9 cm³/mol. The van der Waals surface area contributed by atoms with E-state index in [1.165, 1.54) is 0 Å². The molecule has 2 aromatic heterocycles. The van der Waals surface area contributed by atoms with Crippen molar-refractivity contribution in [3.05, 3.63) is 59.0 Å². The van der Waals surface area contributed by atoms with Gasteiger partial charge < -0.3 is 4.74 Å². The van der Waals surface area contributed by atoms with Gasteiger partial charge in [0.2, 0.25) is 0 Å². The van der Waals surface area contributed by atoms with E-state index in [9.17, 15) is 5.26 Å². The van der Waals surface area contributed by atoms with Crippen LogP contribution in [-0.4, -0.2) is 21.4 Å². The number of aryl methyl sites for hydroxylation is 1. The van der Waals surface area contributed by atoms with Crippen molar-refractivity contribution in [1.29, 1.82) is 5.26 Å². The maximum atomic E-state index is 9.18. The summed E-state index contributed by atoms with van der Waals surface area (Å²) in [4.78, 5) is 4.41. The third-order valence-electron chi connectivity index (χ3n) is 3.63. The van der Waals surface area contributed by atoms with E-state index in [1.807, 2.05) is 38.4 Å². The Morgan fingerprint density at radius 2 is 2.17 bits per heavy atom. The first-order valence-corrected chi connectivity index (χ1v) is 7.59. The van der Waals surface area contributed by atoms with Gasteiger partial charge in [-0.05, 0) is 43.2 Å². The van der Waals surface area contributed by atoms with Gasteiger partial charge in [-0.15, -0.1) is 0 Å². The molecule has 0 aliphatic carbocycles. The summed E-state index contributed by atoms with van der Waals surface area (Å²) in [6.45, 7) is 5.62. The Morgan fingerprint density at radius 3 is 2.96 bits per heavy atom. The number of ether oxygens (including phenoxy) is 1. The quantitative estimate of drug-likeness (QED) is 0.726. The van der Waals surface area contributed by atoms with Crippen LogP contribution in [0, 0.1) is 18.3 Å². The molecule has 0 aliphatic rings. The van der Waals surface area contributed by atoms with Crippen LogP contribution in [0.2, 0.25) is 0 Å². The number of hydrogen-bond donors (Lipinski definition) is 0. The number of benzene rings is 1. The van der Waals surface area contributed by atoms with Crippen molar-refractivity contribution >= 4 is 10.9 Å². The molecule has 0 aliphatic heterocycles. The Balaban J connectivity index is 1.86. The summed E-state index contributed by atoms with van der Waals surface area (Å²) in [5.41, 5.74) is 4.50. The van der Waals surface area contributed by atoms with Crippen molar-refractivity contribution in [3.8, 4) is 6.07 Å². The monoisotopic (exact) mass is 306 g/mol. The zero-order valence-corrected chi connectivity index (χ0v) is 13.3. The van der Waals surface area contributed by atoms with Gasteiger partial charge in [0, 0.05) is 30.0 Å². The minimum Gasteiger partial charge on any atom is -0.377 e. The summed E-state index contributed by atoms with van der Waals surface area (Å²) in [5, 5.41) is 14.6. The van der Waals surface area contributed by atoms with Crippen molar-refractivity contribution in [1.82, 2.24) is 14.8 Å². The van der Waals surface area contributed by atoms with Crippen LogP contribution in [0.1, 0.15) is 29.3 Å². The first-order chi connectivity index (χ1) is 11.2. The highest BCUT2D eigenvalue weighted by Gasteiger charge is 2.09. The molecule has 0 fully saturated rings. The molecule has 0 atom stereocenters. The molecule has 0 amide bonds. The van der Waals surface area contributed by atoms with E-state index < -0.39 is 0 Å². The largest absolute Gasteiger partial charge is 0.377 e. The normalized spacial score (nSPS) is 10.8. The summed E-state index contributed by atoms with van der Waals surface area (Å²) in [7, 11) is 0. The Kier molecular flexibility index (Phi) is 4.35. The molecular weight excluding hydrogens is 288 g/mol. The molecule has 1 aromatic carbocycles. The Morgan fingerprint density at radius 1 is 1.30 bits per heavy atom. The van der Waals surface area contributed by atoms with Crippen LogP contribution in [0.4, 0.5) is 0 Å². The van der Waals surface area contributed by atoms with E-state index in [2.05, 4.69) is 28.3 Å². The van der Waals surface area contributed by atoms with E-state index in [0.29, 0.717) is 25.5 Å². The van der Waals surface area contributed by atoms with Crippen LogP contribution >= 0.6 is 0 Å². The van der Waals surface area contributed by atoms with Crippen LogP contribution in [0.5, 0.6) is 0 Å². The maximum Gasteiger partial charge on any atom is 0.167 e. The molecule has 0 bridgehead atoms. The van der Waals surface area contributed by atoms with E-state index >= 15 is 0 Å². The zero-order chi connectivity index (χ0) is 16.2. The molecule has 0 saturated heterocycles. The SMILES string of the molecule is CCOCc1cn(Cc2ccc3ncc(C)cc3c2)nc1C#N. The van der Waals surface area contributed by atoms with Crippen molar-refractivity contribution < 1.29 is 4.74 Å². The predicted octanol–water partition coefficient (Wildman–Crippen LogP) is 3.20. The summed E-state index contributed by atoms with van der Waals surface area (Å²) < 4.78 is 7.17.